The highest BCUT2D eigenvalue weighted by Crippen LogP contribution is 2.17. The van der Waals surface area contributed by atoms with Gasteiger partial charge < -0.3 is 5.32 Å². The molecule has 0 heterocycles. The molecule has 21 heavy (non-hydrogen) atoms. The van der Waals surface area contributed by atoms with Gasteiger partial charge in [0, 0.05) is 12.2 Å². The lowest BCUT2D eigenvalue weighted by Crippen LogP contribution is -2.18. The molecule has 0 saturated carbocycles. The van der Waals surface area contributed by atoms with Crippen LogP contribution >= 0.6 is 0 Å². The summed E-state index contributed by atoms with van der Waals surface area (Å²) in [7, 11) is -1.97. The average molecular weight is 304 g/mol. The first-order chi connectivity index (χ1) is 9.94. The highest BCUT2D eigenvalue weighted by molar-refractivity contribution is 7.89. The van der Waals surface area contributed by atoms with E-state index >= 15 is 0 Å². The van der Waals surface area contributed by atoms with Crippen LogP contribution in [0.3, 0.4) is 0 Å². The van der Waals surface area contributed by atoms with E-state index in [1.165, 1.54) is 23.7 Å². The first kappa shape index (κ1) is 15.5. The van der Waals surface area contributed by atoms with E-state index < -0.39 is 10.0 Å². The van der Waals surface area contributed by atoms with Gasteiger partial charge in [-0.15, -0.1) is 0 Å². The van der Waals surface area contributed by atoms with Gasteiger partial charge in [0.1, 0.15) is 0 Å². The van der Waals surface area contributed by atoms with Crippen LogP contribution in [0.5, 0.6) is 0 Å². The van der Waals surface area contributed by atoms with E-state index in [-0.39, 0.29) is 4.90 Å². The summed E-state index contributed by atoms with van der Waals surface area (Å²) in [6, 6.07) is 13.0. The van der Waals surface area contributed by atoms with Crippen LogP contribution in [0.25, 0.3) is 0 Å². The van der Waals surface area contributed by atoms with Crippen molar-refractivity contribution in [2.75, 3.05) is 12.4 Å². The van der Waals surface area contributed by atoms with E-state index in [9.17, 15) is 8.42 Å². The van der Waals surface area contributed by atoms with Crippen molar-refractivity contribution in [2.45, 2.75) is 25.3 Å². The quantitative estimate of drug-likeness (QED) is 0.893. The van der Waals surface area contributed by atoms with Crippen LogP contribution in [0, 0.1) is 13.8 Å². The zero-order chi connectivity index (χ0) is 15.5. The molecule has 0 unspecified atom stereocenters. The van der Waals surface area contributed by atoms with Crippen molar-refractivity contribution >= 4 is 15.7 Å². The monoisotopic (exact) mass is 304 g/mol. The number of anilines is 1. The number of hydrogen-bond donors (Lipinski definition) is 2. The standard InChI is InChI=1S/C16H20N2O2S/c1-12-5-4-6-14(13(12)2)11-18-15-7-9-16(10-8-15)21(19,20)17-3/h4-10,17-18H,11H2,1-3H3. The third kappa shape index (κ3) is 3.62. The molecule has 0 aromatic heterocycles. The minimum Gasteiger partial charge on any atom is -0.381 e. The molecule has 4 nitrogen and oxygen atoms in total. The minimum absolute atomic E-state index is 0.266. The molecule has 0 aliphatic heterocycles. The van der Waals surface area contributed by atoms with E-state index in [2.05, 4.69) is 36.0 Å². The Bertz CT molecular complexity index is 722. The molecular formula is C16H20N2O2S. The van der Waals surface area contributed by atoms with Crippen LogP contribution in [0.1, 0.15) is 16.7 Å². The molecule has 0 aliphatic carbocycles. The lowest BCUT2D eigenvalue weighted by atomic mass is 10.0. The Morgan fingerprint density at radius 1 is 1.00 bits per heavy atom. The molecule has 0 fully saturated rings. The molecular weight excluding hydrogens is 284 g/mol. The fourth-order valence-electron chi connectivity index (χ4n) is 2.07. The molecule has 2 aromatic rings. The first-order valence-corrected chi connectivity index (χ1v) is 8.25. The van der Waals surface area contributed by atoms with E-state index in [0.717, 1.165) is 5.69 Å². The SMILES string of the molecule is CNS(=O)(=O)c1ccc(NCc2cccc(C)c2C)cc1. The van der Waals surface area contributed by atoms with E-state index in [1.807, 2.05) is 6.07 Å². The van der Waals surface area contributed by atoms with Crippen LogP contribution in [-0.2, 0) is 16.6 Å². The smallest absolute Gasteiger partial charge is 0.240 e. The fraction of sp³-hybridized carbons (Fsp3) is 0.250. The van der Waals surface area contributed by atoms with Crippen LogP contribution in [-0.4, -0.2) is 15.5 Å². The highest BCUT2D eigenvalue weighted by Gasteiger charge is 2.10. The lowest BCUT2D eigenvalue weighted by molar-refractivity contribution is 0.588. The van der Waals surface area contributed by atoms with Crippen LogP contribution < -0.4 is 10.0 Å². The largest absolute Gasteiger partial charge is 0.381 e. The van der Waals surface area contributed by atoms with Crippen molar-refractivity contribution in [1.82, 2.24) is 4.72 Å². The van der Waals surface area contributed by atoms with Crippen molar-refractivity contribution < 1.29 is 8.42 Å². The van der Waals surface area contributed by atoms with Gasteiger partial charge in [-0.1, -0.05) is 18.2 Å². The van der Waals surface area contributed by atoms with E-state index in [0.29, 0.717) is 6.54 Å². The Morgan fingerprint density at radius 2 is 1.67 bits per heavy atom. The number of nitrogens with one attached hydrogen (secondary N) is 2. The van der Waals surface area contributed by atoms with E-state index in [1.54, 1.807) is 24.3 Å². The second-order valence-corrected chi connectivity index (χ2v) is 6.83. The van der Waals surface area contributed by atoms with Gasteiger partial charge in [0.2, 0.25) is 10.0 Å². The zero-order valence-electron chi connectivity index (χ0n) is 12.5. The average Bonchev–Trinajstić information content (AvgIpc) is 2.49. The number of rotatable bonds is 5. The van der Waals surface area contributed by atoms with Gasteiger partial charge in [0.05, 0.1) is 4.90 Å². The molecule has 5 heteroatoms. The molecule has 0 saturated heterocycles. The molecule has 0 spiro atoms. The lowest BCUT2D eigenvalue weighted by Gasteiger charge is -2.11. The molecule has 2 rings (SSSR count). The van der Waals surface area contributed by atoms with Crippen LogP contribution in [0.2, 0.25) is 0 Å². The number of aryl methyl sites for hydroxylation is 1. The van der Waals surface area contributed by atoms with Gasteiger partial charge >= 0.3 is 0 Å². The molecule has 0 amide bonds. The minimum atomic E-state index is -3.37. The summed E-state index contributed by atoms with van der Waals surface area (Å²) >= 11 is 0. The Labute approximate surface area is 126 Å². The maximum atomic E-state index is 11.6. The maximum absolute atomic E-state index is 11.6. The molecule has 2 N–H and O–H groups in total. The number of sulfonamides is 1. The van der Waals surface area contributed by atoms with Gasteiger partial charge in [-0.3, -0.25) is 0 Å². The molecule has 2 aromatic carbocycles. The third-order valence-corrected chi connectivity index (χ3v) is 5.06. The summed E-state index contributed by atoms with van der Waals surface area (Å²) in [6.45, 7) is 4.91. The Morgan fingerprint density at radius 3 is 2.29 bits per heavy atom. The van der Waals surface area contributed by atoms with Crippen molar-refractivity contribution in [3.63, 3.8) is 0 Å². The Kier molecular flexibility index (Phi) is 4.65. The number of benzene rings is 2. The molecule has 112 valence electrons. The van der Waals surface area contributed by atoms with Crippen LogP contribution in [0.15, 0.2) is 47.4 Å². The topological polar surface area (TPSA) is 58.2 Å². The Hall–Kier alpha value is -1.85. The summed E-state index contributed by atoms with van der Waals surface area (Å²) in [5.41, 5.74) is 4.68. The first-order valence-electron chi connectivity index (χ1n) is 6.76. The summed E-state index contributed by atoms with van der Waals surface area (Å²) in [5, 5.41) is 3.31. The molecule has 0 bridgehead atoms. The van der Waals surface area contributed by atoms with Gasteiger partial charge in [-0.25, -0.2) is 13.1 Å². The summed E-state index contributed by atoms with van der Waals surface area (Å²) in [6.07, 6.45) is 0. The fourth-order valence-corrected chi connectivity index (χ4v) is 2.80. The van der Waals surface area contributed by atoms with Gasteiger partial charge in [-0.05, 0) is 61.9 Å². The van der Waals surface area contributed by atoms with Crippen molar-refractivity contribution in [3.05, 3.63) is 59.2 Å². The third-order valence-electron chi connectivity index (χ3n) is 3.63. The highest BCUT2D eigenvalue weighted by atomic mass is 32.2. The molecule has 0 radical (unpaired) electrons. The van der Waals surface area contributed by atoms with Gasteiger partial charge in [0.15, 0.2) is 0 Å². The van der Waals surface area contributed by atoms with E-state index in [4.69, 9.17) is 0 Å². The van der Waals surface area contributed by atoms with Crippen LogP contribution in [0.4, 0.5) is 5.69 Å². The summed E-state index contributed by atoms with van der Waals surface area (Å²) < 4.78 is 25.6. The maximum Gasteiger partial charge on any atom is 0.240 e. The van der Waals surface area contributed by atoms with Gasteiger partial charge in [0.25, 0.3) is 0 Å². The van der Waals surface area contributed by atoms with Crippen molar-refractivity contribution in [1.29, 1.82) is 0 Å². The normalized spacial score (nSPS) is 11.4. The second kappa shape index (κ2) is 6.28. The summed E-state index contributed by atoms with van der Waals surface area (Å²) in [5.74, 6) is 0. The Balaban J connectivity index is 2.09. The predicted molar refractivity (Wildman–Crippen MR) is 85.9 cm³/mol. The number of hydrogen-bond acceptors (Lipinski definition) is 3. The van der Waals surface area contributed by atoms with Gasteiger partial charge in [-0.2, -0.15) is 0 Å². The predicted octanol–water partition coefficient (Wildman–Crippen LogP) is 2.82. The summed E-state index contributed by atoms with van der Waals surface area (Å²) in [4.78, 5) is 0.266. The second-order valence-electron chi connectivity index (χ2n) is 4.94. The zero-order valence-corrected chi connectivity index (χ0v) is 13.3. The van der Waals surface area contributed by atoms with Crippen molar-refractivity contribution in [2.24, 2.45) is 0 Å². The molecule has 0 aliphatic rings. The van der Waals surface area contributed by atoms with Crippen molar-refractivity contribution in [3.8, 4) is 0 Å². The molecule has 0 atom stereocenters.